The number of aliphatic carboxylic acids is 1. The van der Waals surface area contributed by atoms with Crippen molar-refractivity contribution >= 4 is 28.5 Å². The van der Waals surface area contributed by atoms with E-state index in [1.54, 1.807) is 12.3 Å². The lowest BCUT2D eigenvalue weighted by atomic mass is 10.1. The number of morpholine rings is 2. The second kappa shape index (κ2) is 10.3. The van der Waals surface area contributed by atoms with Gasteiger partial charge in [0.1, 0.15) is 12.6 Å². The molecule has 10 heteroatoms. The van der Waals surface area contributed by atoms with E-state index in [1.165, 1.54) is 4.90 Å². The van der Waals surface area contributed by atoms with Crippen LogP contribution in [-0.2, 0) is 19.1 Å². The molecular weight excluding hydrogens is 438 g/mol. The first-order valence-electron chi connectivity index (χ1n) is 11.3. The quantitative estimate of drug-likeness (QED) is 0.662. The van der Waals surface area contributed by atoms with E-state index in [2.05, 4.69) is 16.0 Å². The molecule has 2 aliphatic rings. The minimum absolute atomic E-state index is 0.188. The van der Waals surface area contributed by atoms with Crippen LogP contribution in [0.5, 0.6) is 0 Å². The average Bonchev–Trinajstić information content (AvgIpc) is 2.81. The van der Waals surface area contributed by atoms with Gasteiger partial charge in [-0.2, -0.15) is 5.26 Å². The summed E-state index contributed by atoms with van der Waals surface area (Å²) in [4.78, 5) is 34.8. The normalized spacial score (nSPS) is 23.4. The third-order valence-electron chi connectivity index (χ3n) is 6.15. The Hall–Kier alpha value is -3.26. The van der Waals surface area contributed by atoms with Gasteiger partial charge in [0.15, 0.2) is 6.10 Å². The molecule has 0 aliphatic carbocycles. The number of aromatic nitrogens is 1. The minimum atomic E-state index is -1.08. The van der Waals surface area contributed by atoms with E-state index >= 15 is 0 Å². The number of hydrogen-bond acceptors (Lipinski definition) is 8. The summed E-state index contributed by atoms with van der Waals surface area (Å²) in [5.41, 5.74) is 1.95. The number of carbonyl (C=O) groups excluding carboxylic acids is 1. The summed E-state index contributed by atoms with van der Waals surface area (Å²) >= 11 is 0. The molecule has 4 rings (SSSR count). The van der Waals surface area contributed by atoms with Crippen LogP contribution in [0.3, 0.4) is 0 Å². The van der Waals surface area contributed by atoms with Crippen molar-refractivity contribution in [3.05, 3.63) is 36.0 Å². The van der Waals surface area contributed by atoms with Crippen LogP contribution in [0.1, 0.15) is 12.5 Å². The molecule has 3 heterocycles. The van der Waals surface area contributed by atoms with Gasteiger partial charge in [0.05, 0.1) is 36.4 Å². The fraction of sp³-hybridized carbons (Fsp3) is 0.500. The predicted octanol–water partition coefficient (Wildman–Crippen LogP) is 0.944. The summed E-state index contributed by atoms with van der Waals surface area (Å²) in [6.45, 7) is 4.44. The Morgan fingerprint density at radius 2 is 2.12 bits per heavy atom. The van der Waals surface area contributed by atoms with E-state index in [0.29, 0.717) is 30.8 Å². The van der Waals surface area contributed by atoms with Gasteiger partial charge >= 0.3 is 5.97 Å². The molecule has 1 N–H and O–H groups in total. The third kappa shape index (κ3) is 5.28. The van der Waals surface area contributed by atoms with E-state index in [-0.39, 0.29) is 31.2 Å². The molecule has 180 valence electrons. The van der Waals surface area contributed by atoms with Gasteiger partial charge in [0, 0.05) is 43.4 Å². The maximum absolute atomic E-state index is 13.5. The number of amides is 1. The molecule has 0 radical (unpaired) electrons. The Labute approximate surface area is 198 Å². The molecule has 2 saturated heterocycles. The number of hydrogen-bond donors (Lipinski definition) is 1. The Morgan fingerprint density at radius 1 is 1.29 bits per heavy atom. The van der Waals surface area contributed by atoms with Crippen molar-refractivity contribution in [3.8, 4) is 6.07 Å². The second-order valence-corrected chi connectivity index (χ2v) is 8.85. The molecule has 10 nitrogen and oxygen atoms in total. The molecule has 1 aromatic carbocycles. The Morgan fingerprint density at radius 3 is 2.85 bits per heavy atom. The van der Waals surface area contributed by atoms with Gasteiger partial charge < -0.3 is 29.3 Å². The number of carbonyl (C=O) groups is 2. The molecule has 2 aromatic rings. The van der Waals surface area contributed by atoms with E-state index in [0.717, 1.165) is 17.6 Å². The first kappa shape index (κ1) is 23.9. The van der Waals surface area contributed by atoms with Crippen molar-refractivity contribution in [2.75, 3.05) is 57.8 Å². The number of rotatable bonds is 6. The molecule has 2 fully saturated rings. The topological polar surface area (TPSA) is 119 Å². The number of nitriles is 1. The minimum Gasteiger partial charge on any atom is -0.480 e. The van der Waals surface area contributed by atoms with Gasteiger partial charge in [0.2, 0.25) is 0 Å². The number of ether oxygens (including phenoxy) is 2. The Kier molecular flexibility index (Phi) is 7.26. The Bertz CT molecular complexity index is 1100. The highest BCUT2D eigenvalue weighted by atomic mass is 16.5. The molecule has 3 atom stereocenters. The average molecular weight is 468 g/mol. The zero-order valence-electron chi connectivity index (χ0n) is 19.4. The fourth-order valence-corrected chi connectivity index (χ4v) is 4.63. The summed E-state index contributed by atoms with van der Waals surface area (Å²) in [6, 6.07) is 9.49. The number of fused-ring (bicyclic) bond motifs is 1. The van der Waals surface area contributed by atoms with Crippen molar-refractivity contribution in [2.24, 2.45) is 0 Å². The van der Waals surface area contributed by atoms with E-state index in [4.69, 9.17) is 9.47 Å². The van der Waals surface area contributed by atoms with Crippen LogP contribution in [0.4, 0.5) is 5.69 Å². The van der Waals surface area contributed by atoms with Crippen LogP contribution in [0.15, 0.2) is 30.5 Å². The zero-order chi connectivity index (χ0) is 24.2. The number of anilines is 1. The van der Waals surface area contributed by atoms with Crippen molar-refractivity contribution in [3.63, 3.8) is 0 Å². The van der Waals surface area contributed by atoms with Gasteiger partial charge in [-0.05, 0) is 38.2 Å². The SMILES string of the molecule is C[C@@H]1CN(c2ccc(C#N)c3ncccc23)C[C@H](C(=O)N(CC(=O)O)C[C@@H]2CN(C)CCO2)O1. The summed E-state index contributed by atoms with van der Waals surface area (Å²) in [6.07, 6.45) is 0.309. The van der Waals surface area contributed by atoms with Crippen molar-refractivity contribution in [1.29, 1.82) is 5.26 Å². The predicted molar refractivity (Wildman–Crippen MR) is 124 cm³/mol. The summed E-state index contributed by atoms with van der Waals surface area (Å²) in [7, 11) is 1.97. The molecule has 1 aromatic heterocycles. The number of nitrogens with zero attached hydrogens (tertiary/aromatic N) is 5. The number of pyridine rings is 1. The van der Waals surface area contributed by atoms with Gasteiger partial charge in [-0.25, -0.2) is 0 Å². The van der Waals surface area contributed by atoms with Crippen LogP contribution >= 0.6 is 0 Å². The highest BCUT2D eigenvalue weighted by Crippen LogP contribution is 2.30. The van der Waals surface area contributed by atoms with E-state index in [9.17, 15) is 20.0 Å². The molecular formula is C24H29N5O5. The van der Waals surface area contributed by atoms with Crippen molar-refractivity contribution in [2.45, 2.75) is 25.2 Å². The van der Waals surface area contributed by atoms with Gasteiger partial charge in [-0.3, -0.25) is 14.6 Å². The van der Waals surface area contributed by atoms with Crippen LogP contribution in [0, 0.1) is 11.3 Å². The maximum Gasteiger partial charge on any atom is 0.323 e. The molecule has 0 bridgehead atoms. The van der Waals surface area contributed by atoms with Crippen molar-refractivity contribution in [1.82, 2.24) is 14.8 Å². The van der Waals surface area contributed by atoms with Crippen LogP contribution in [0.2, 0.25) is 0 Å². The largest absolute Gasteiger partial charge is 0.480 e. The number of carboxylic acids is 1. The van der Waals surface area contributed by atoms with Gasteiger partial charge in [-0.1, -0.05) is 0 Å². The maximum atomic E-state index is 13.5. The van der Waals surface area contributed by atoms with E-state index in [1.807, 2.05) is 37.1 Å². The molecule has 1 amide bonds. The lowest BCUT2D eigenvalue weighted by molar-refractivity contribution is -0.156. The molecule has 0 unspecified atom stereocenters. The van der Waals surface area contributed by atoms with Gasteiger partial charge in [0.25, 0.3) is 5.91 Å². The van der Waals surface area contributed by atoms with Gasteiger partial charge in [-0.15, -0.1) is 0 Å². The highest BCUT2D eigenvalue weighted by Gasteiger charge is 2.36. The van der Waals surface area contributed by atoms with Crippen LogP contribution < -0.4 is 4.90 Å². The molecule has 0 saturated carbocycles. The standard InChI is InChI=1S/C24H29N5O5/c1-16-11-28(20-6-5-17(10-25)23-19(20)4-3-7-26-23)14-21(34-16)24(32)29(15-22(30)31)13-18-12-27(2)8-9-33-18/h3-7,16,18,21H,8-9,11-15H2,1-2H3,(H,30,31)/t16-,18+,21-/m1/s1. The number of likely N-dealkylation sites (N-methyl/N-ethyl adjacent to an activating group) is 1. The summed E-state index contributed by atoms with van der Waals surface area (Å²) in [5, 5.41) is 19.7. The number of carboxylic acid groups (broad SMARTS) is 1. The first-order valence-corrected chi connectivity index (χ1v) is 11.3. The zero-order valence-corrected chi connectivity index (χ0v) is 19.4. The molecule has 0 spiro atoms. The lowest BCUT2D eigenvalue weighted by Gasteiger charge is -2.40. The summed E-state index contributed by atoms with van der Waals surface area (Å²) < 4.78 is 11.8. The van der Waals surface area contributed by atoms with Crippen molar-refractivity contribution < 1.29 is 24.2 Å². The second-order valence-electron chi connectivity index (χ2n) is 8.85. The fourth-order valence-electron chi connectivity index (χ4n) is 4.63. The van der Waals surface area contributed by atoms with E-state index < -0.39 is 18.6 Å². The summed E-state index contributed by atoms with van der Waals surface area (Å²) in [5.74, 6) is -1.45. The molecule has 2 aliphatic heterocycles. The lowest BCUT2D eigenvalue weighted by Crippen LogP contribution is -2.56. The highest BCUT2D eigenvalue weighted by molar-refractivity contribution is 5.95. The smallest absolute Gasteiger partial charge is 0.323 e. The third-order valence-corrected chi connectivity index (χ3v) is 6.15. The monoisotopic (exact) mass is 467 g/mol. The van der Waals surface area contributed by atoms with Crippen LogP contribution in [0.25, 0.3) is 10.9 Å². The Balaban J connectivity index is 1.57. The molecule has 34 heavy (non-hydrogen) atoms. The number of benzene rings is 1. The first-order chi connectivity index (χ1) is 16.4. The van der Waals surface area contributed by atoms with Crippen LogP contribution in [-0.4, -0.2) is 103 Å².